The summed E-state index contributed by atoms with van der Waals surface area (Å²) < 4.78 is 28.3. The topological polar surface area (TPSA) is 86.8 Å². The van der Waals surface area contributed by atoms with Crippen molar-refractivity contribution in [1.29, 1.82) is 0 Å². The van der Waals surface area contributed by atoms with Gasteiger partial charge in [0.25, 0.3) is 0 Å². The molecule has 35 heavy (non-hydrogen) atoms. The summed E-state index contributed by atoms with van der Waals surface area (Å²) in [5, 5.41) is 2.92. The zero-order valence-electron chi connectivity index (χ0n) is 20.5. The summed E-state index contributed by atoms with van der Waals surface area (Å²) in [5.41, 5.74) is 4.71. The molecule has 4 rings (SSSR count). The molecule has 1 aliphatic heterocycles. The third kappa shape index (κ3) is 5.33. The standard InChI is InChI=1S/C27H33N3O4S/c1-19(2)21-10-12-24(13-11-21)35(33,34)30-17-16-29(20(3)31)18-26(30)27(32)28-15-14-23-9-8-22-6-4-5-7-25(22)23/h4-7,9-13,19,26H,8,14-18H2,1-3H3,(H,28,32). The van der Waals surface area contributed by atoms with Crippen LogP contribution in [0.4, 0.5) is 0 Å². The second-order valence-corrected chi connectivity index (χ2v) is 11.3. The van der Waals surface area contributed by atoms with Crippen LogP contribution >= 0.6 is 0 Å². The smallest absolute Gasteiger partial charge is 0.243 e. The van der Waals surface area contributed by atoms with Gasteiger partial charge in [0.15, 0.2) is 0 Å². The Balaban J connectivity index is 1.49. The largest absolute Gasteiger partial charge is 0.354 e. The minimum Gasteiger partial charge on any atom is -0.354 e. The second kappa shape index (κ2) is 10.3. The van der Waals surface area contributed by atoms with Gasteiger partial charge in [-0.2, -0.15) is 4.31 Å². The van der Waals surface area contributed by atoms with Crippen molar-refractivity contribution in [2.24, 2.45) is 0 Å². The molecule has 0 aromatic heterocycles. The highest BCUT2D eigenvalue weighted by Gasteiger charge is 2.40. The van der Waals surface area contributed by atoms with Gasteiger partial charge in [0, 0.05) is 33.1 Å². The van der Waals surface area contributed by atoms with Crippen LogP contribution in [0.1, 0.15) is 49.8 Å². The molecule has 8 heteroatoms. The van der Waals surface area contributed by atoms with Crippen molar-refractivity contribution in [2.45, 2.75) is 50.5 Å². The van der Waals surface area contributed by atoms with Crippen LogP contribution in [-0.2, 0) is 26.0 Å². The Morgan fingerprint density at radius 2 is 1.77 bits per heavy atom. The van der Waals surface area contributed by atoms with E-state index in [1.54, 1.807) is 12.1 Å². The van der Waals surface area contributed by atoms with E-state index >= 15 is 0 Å². The van der Waals surface area contributed by atoms with E-state index in [-0.39, 0.29) is 42.3 Å². The highest BCUT2D eigenvalue weighted by atomic mass is 32.2. The van der Waals surface area contributed by atoms with Gasteiger partial charge in [-0.3, -0.25) is 9.59 Å². The minimum absolute atomic E-state index is 0.0377. The minimum atomic E-state index is -3.91. The first kappa shape index (κ1) is 25.1. The molecule has 2 aromatic rings. The molecule has 186 valence electrons. The molecule has 0 radical (unpaired) electrons. The third-order valence-corrected chi connectivity index (χ3v) is 8.78. The van der Waals surface area contributed by atoms with Crippen LogP contribution in [0.15, 0.2) is 59.5 Å². The Bertz CT molecular complexity index is 1240. The molecule has 1 aliphatic carbocycles. The van der Waals surface area contributed by atoms with E-state index in [1.807, 2.05) is 38.1 Å². The zero-order valence-corrected chi connectivity index (χ0v) is 21.3. The van der Waals surface area contributed by atoms with E-state index in [0.29, 0.717) is 13.0 Å². The van der Waals surface area contributed by atoms with Crippen molar-refractivity contribution in [3.63, 3.8) is 0 Å². The fraction of sp³-hybridized carbons (Fsp3) is 0.407. The van der Waals surface area contributed by atoms with Crippen molar-refractivity contribution in [1.82, 2.24) is 14.5 Å². The number of amides is 2. The first-order valence-electron chi connectivity index (χ1n) is 12.1. The molecule has 1 fully saturated rings. The molecular weight excluding hydrogens is 462 g/mol. The van der Waals surface area contributed by atoms with Gasteiger partial charge in [0.05, 0.1) is 4.90 Å². The predicted molar refractivity (Wildman–Crippen MR) is 136 cm³/mol. The van der Waals surface area contributed by atoms with E-state index in [9.17, 15) is 18.0 Å². The molecule has 1 N–H and O–H groups in total. The number of sulfonamides is 1. The maximum atomic E-state index is 13.5. The van der Waals surface area contributed by atoms with E-state index in [2.05, 4.69) is 23.5 Å². The Morgan fingerprint density at radius 3 is 2.46 bits per heavy atom. The lowest BCUT2D eigenvalue weighted by atomic mass is 10.0. The zero-order chi connectivity index (χ0) is 25.2. The van der Waals surface area contributed by atoms with Gasteiger partial charge >= 0.3 is 0 Å². The maximum Gasteiger partial charge on any atom is 0.243 e. The molecule has 1 heterocycles. The lowest BCUT2D eigenvalue weighted by molar-refractivity contribution is -0.134. The highest BCUT2D eigenvalue weighted by molar-refractivity contribution is 7.89. The number of nitrogens with zero attached hydrogens (tertiary/aromatic N) is 2. The number of carbonyl (C=O) groups is 2. The van der Waals surface area contributed by atoms with Gasteiger partial charge in [-0.15, -0.1) is 0 Å². The molecule has 2 aliphatic rings. The van der Waals surface area contributed by atoms with Gasteiger partial charge in [-0.05, 0) is 53.2 Å². The van der Waals surface area contributed by atoms with Gasteiger partial charge in [0.1, 0.15) is 6.04 Å². The lowest BCUT2D eigenvalue weighted by Crippen LogP contribution is -2.61. The molecule has 2 aromatic carbocycles. The summed E-state index contributed by atoms with van der Waals surface area (Å²) >= 11 is 0. The van der Waals surface area contributed by atoms with Crippen LogP contribution in [0.2, 0.25) is 0 Å². The van der Waals surface area contributed by atoms with Crippen molar-refractivity contribution in [3.8, 4) is 0 Å². The third-order valence-electron chi connectivity index (χ3n) is 6.86. The second-order valence-electron chi connectivity index (χ2n) is 9.45. The number of rotatable bonds is 7. The van der Waals surface area contributed by atoms with E-state index in [1.165, 1.54) is 32.8 Å². The van der Waals surface area contributed by atoms with E-state index < -0.39 is 16.1 Å². The number of allylic oxidation sites excluding steroid dienone is 1. The normalized spacial score (nSPS) is 18.3. The molecule has 1 unspecified atom stereocenters. The van der Waals surface area contributed by atoms with Crippen LogP contribution in [0.25, 0.3) is 5.57 Å². The van der Waals surface area contributed by atoms with Crippen LogP contribution in [0, 0.1) is 0 Å². The number of hydrogen-bond acceptors (Lipinski definition) is 4. The van der Waals surface area contributed by atoms with Crippen LogP contribution in [0.3, 0.4) is 0 Å². The van der Waals surface area contributed by atoms with Crippen LogP contribution in [-0.4, -0.2) is 61.7 Å². The van der Waals surface area contributed by atoms with Crippen LogP contribution < -0.4 is 5.32 Å². The number of nitrogens with one attached hydrogen (secondary N) is 1. The van der Waals surface area contributed by atoms with Crippen molar-refractivity contribution in [2.75, 3.05) is 26.2 Å². The van der Waals surface area contributed by atoms with E-state index in [4.69, 9.17) is 0 Å². The average Bonchev–Trinajstić information content (AvgIpc) is 3.26. The molecule has 2 amide bonds. The maximum absolute atomic E-state index is 13.5. The van der Waals surface area contributed by atoms with Crippen molar-refractivity contribution < 1.29 is 18.0 Å². The van der Waals surface area contributed by atoms with E-state index in [0.717, 1.165) is 12.0 Å². The van der Waals surface area contributed by atoms with Gasteiger partial charge in [-0.25, -0.2) is 8.42 Å². The first-order chi connectivity index (χ1) is 16.7. The summed E-state index contributed by atoms with van der Waals surface area (Å²) in [6.45, 7) is 6.29. The fourth-order valence-electron chi connectivity index (χ4n) is 4.74. The molecular formula is C27H33N3O4S. The Hall–Kier alpha value is -2.97. The number of fused-ring (bicyclic) bond motifs is 1. The Morgan fingerprint density at radius 1 is 1.06 bits per heavy atom. The molecule has 0 saturated carbocycles. The van der Waals surface area contributed by atoms with Crippen LogP contribution in [0.5, 0.6) is 0 Å². The number of hydrogen-bond donors (Lipinski definition) is 1. The number of benzene rings is 2. The number of carbonyl (C=O) groups excluding carboxylic acids is 2. The fourth-order valence-corrected chi connectivity index (χ4v) is 6.31. The van der Waals surface area contributed by atoms with Crippen molar-refractivity contribution in [3.05, 3.63) is 71.3 Å². The Kier molecular flexibility index (Phi) is 7.42. The molecule has 1 saturated heterocycles. The van der Waals surface area contributed by atoms with Gasteiger partial charge in [0.2, 0.25) is 21.8 Å². The summed E-state index contributed by atoms with van der Waals surface area (Å²) in [5.74, 6) is -0.273. The monoisotopic (exact) mass is 495 g/mol. The summed E-state index contributed by atoms with van der Waals surface area (Å²) in [6.07, 6.45) is 3.72. The predicted octanol–water partition coefficient (Wildman–Crippen LogP) is 3.18. The highest BCUT2D eigenvalue weighted by Crippen LogP contribution is 2.29. The summed E-state index contributed by atoms with van der Waals surface area (Å²) in [6, 6.07) is 14.1. The van der Waals surface area contributed by atoms with Crippen molar-refractivity contribution >= 4 is 27.4 Å². The van der Waals surface area contributed by atoms with Gasteiger partial charge < -0.3 is 10.2 Å². The Labute approximate surface area is 207 Å². The molecule has 7 nitrogen and oxygen atoms in total. The SMILES string of the molecule is CC(=O)N1CCN(S(=O)(=O)c2ccc(C(C)C)cc2)C(C(=O)NCCC2=CCc3ccccc32)C1. The summed E-state index contributed by atoms with van der Waals surface area (Å²) in [7, 11) is -3.91. The quantitative estimate of drug-likeness (QED) is 0.639. The lowest BCUT2D eigenvalue weighted by Gasteiger charge is -2.39. The summed E-state index contributed by atoms with van der Waals surface area (Å²) in [4.78, 5) is 27.0. The average molecular weight is 496 g/mol. The molecule has 0 spiro atoms. The number of piperazine rings is 1. The first-order valence-corrected chi connectivity index (χ1v) is 13.5. The van der Waals surface area contributed by atoms with Gasteiger partial charge in [-0.1, -0.05) is 56.3 Å². The molecule has 0 bridgehead atoms. The molecule has 1 atom stereocenters.